The molecule has 0 N–H and O–H groups in total. The lowest BCUT2D eigenvalue weighted by Gasteiger charge is -2.46. The number of piperidine rings is 1. The Bertz CT molecular complexity index is 783. The van der Waals surface area contributed by atoms with Gasteiger partial charge in [-0.2, -0.15) is 0 Å². The van der Waals surface area contributed by atoms with Crippen molar-refractivity contribution in [1.29, 1.82) is 0 Å². The summed E-state index contributed by atoms with van der Waals surface area (Å²) >= 11 is 0. The molecule has 0 saturated carbocycles. The molecule has 0 bridgehead atoms. The van der Waals surface area contributed by atoms with Gasteiger partial charge in [-0.15, -0.1) is 0 Å². The summed E-state index contributed by atoms with van der Waals surface area (Å²) in [6, 6.07) is 20.0. The number of likely N-dealkylation sites (tertiary alicyclic amines) is 1. The molecule has 1 aliphatic carbocycles. The molecule has 2 aromatic rings. The Morgan fingerprint density at radius 2 is 1.42 bits per heavy atom. The van der Waals surface area contributed by atoms with Gasteiger partial charge in [0, 0.05) is 37.8 Å². The van der Waals surface area contributed by atoms with Gasteiger partial charge >= 0.3 is 0 Å². The molecule has 3 heteroatoms. The van der Waals surface area contributed by atoms with Crippen molar-refractivity contribution in [2.24, 2.45) is 0 Å². The lowest BCUT2D eigenvalue weighted by Crippen LogP contribution is -2.57. The fraction of sp³-hybridized carbons (Fsp3) is 0.435. The smallest absolute Gasteiger partial charge is 0.160 e. The van der Waals surface area contributed by atoms with Crippen LogP contribution in [0, 0.1) is 0 Å². The third-order valence-corrected chi connectivity index (χ3v) is 6.84. The van der Waals surface area contributed by atoms with Crippen LogP contribution in [0.1, 0.15) is 30.4 Å². The Balaban J connectivity index is 1.32. The molecule has 2 fully saturated rings. The Morgan fingerprint density at radius 3 is 2.08 bits per heavy atom. The molecule has 0 atom stereocenters. The van der Waals surface area contributed by atoms with Crippen LogP contribution < -0.4 is 4.90 Å². The number of benzene rings is 2. The van der Waals surface area contributed by atoms with Crippen LogP contribution in [0.4, 0.5) is 5.69 Å². The first kappa shape index (κ1) is 16.1. The zero-order chi connectivity index (χ0) is 17.6. The first-order valence-electron chi connectivity index (χ1n) is 9.93. The van der Waals surface area contributed by atoms with E-state index in [9.17, 15) is 4.79 Å². The fourth-order valence-electron chi connectivity index (χ4n) is 5.40. The minimum absolute atomic E-state index is 0.261. The van der Waals surface area contributed by atoms with Gasteiger partial charge in [0.1, 0.15) is 5.54 Å². The maximum atomic E-state index is 12.9. The fourth-order valence-corrected chi connectivity index (χ4v) is 5.40. The summed E-state index contributed by atoms with van der Waals surface area (Å²) in [6.07, 6.45) is 4.96. The van der Waals surface area contributed by atoms with Gasteiger partial charge in [0.05, 0.1) is 0 Å². The minimum atomic E-state index is -0.261. The van der Waals surface area contributed by atoms with Crippen molar-refractivity contribution in [3.63, 3.8) is 0 Å². The summed E-state index contributed by atoms with van der Waals surface area (Å²) in [6.45, 7) is 2.94. The highest BCUT2D eigenvalue weighted by Gasteiger charge is 2.50. The minimum Gasteiger partial charge on any atom is -0.358 e. The van der Waals surface area contributed by atoms with Gasteiger partial charge in [0.25, 0.3) is 0 Å². The first-order chi connectivity index (χ1) is 12.8. The van der Waals surface area contributed by atoms with Crippen LogP contribution >= 0.6 is 0 Å². The Kier molecular flexibility index (Phi) is 3.86. The predicted molar refractivity (Wildman–Crippen MR) is 105 cm³/mol. The standard InChI is InChI=1S/C23H26N2O/c26-22-10-13-25(20-8-2-1-3-9-20)23(22)11-14-24(15-12-23)21-16-18-6-4-5-7-19(18)17-21/h1-9,21H,10-17H2. The number of hydrogen-bond donors (Lipinski definition) is 0. The number of hydrogen-bond acceptors (Lipinski definition) is 3. The van der Waals surface area contributed by atoms with Crippen LogP contribution in [0.2, 0.25) is 0 Å². The summed E-state index contributed by atoms with van der Waals surface area (Å²) in [5.41, 5.74) is 3.98. The second kappa shape index (κ2) is 6.24. The van der Waals surface area contributed by atoms with Gasteiger partial charge in [0.2, 0.25) is 0 Å². The predicted octanol–water partition coefficient (Wildman–Crippen LogP) is 3.47. The molecule has 3 aliphatic rings. The topological polar surface area (TPSA) is 23.6 Å². The third-order valence-electron chi connectivity index (χ3n) is 6.84. The van der Waals surface area contributed by atoms with Gasteiger partial charge in [-0.05, 0) is 48.9 Å². The van der Waals surface area contributed by atoms with Gasteiger partial charge in [-0.25, -0.2) is 0 Å². The van der Waals surface area contributed by atoms with E-state index in [-0.39, 0.29) is 5.54 Å². The number of carbonyl (C=O) groups is 1. The zero-order valence-corrected chi connectivity index (χ0v) is 15.2. The molecule has 2 heterocycles. The Morgan fingerprint density at radius 1 is 0.808 bits per heavy atom. The summed E-state index contributed by atoms with van der Waals surface area (Å²) < 4.78 is 0. The molecule has 3 nitrogen and oxygen atoms in total. The van der Waals surface area contributed by atoms with Gasteiger partial charge in [0.15, 0.2) is 5.78 Å². The number of Topliss-reactive ketones (excluding diaryl/α,β-unsaturated/α-hetero) is 1. The largest absolute Gasteiger partial charge is 0.358 e. The number of carbonyl (C=O) groups excluding carboxylic acids is 1. The van der Waals surface area contributed by atoms with Crippen molar-refractivity contribution in [2.75, 3.05) is 24.5 Å². The summed E-state index contributed by atoms with van der Waals surface area (Å²) in [5, 5.41) is 0. The molecule has 2 aromatic carbocycles. The third kappa shape index (κ3) is 2.49. The highest BCUT2D eigenvalue weighted by molar-refractivity contribution is 5.95. The van der Waals surface area contributed by atoms with E-state index in [1.165, 1.54) is 29.7 Å². The van der Waals surface area contributed by atoms with E-state index in [0.717, 1.165) is 32.5 Å². The van der Waals surface area contributed by atoms with Crippen molar-refractivity contribution in [3.05, 3.63) is 65.7 Å². The zero-order valence-electron chi connectivity index (χ0n) is 15.2. The van der Waals surface area contributed by atoms with E-state index in [4.69, 9.17) is 0 Å². The summed E-state index contributed by atoms with van der Waals surface area (Å²) in [5.74, 6) is 0.454. The lowest BCUT2D eigenvalue weighted by molar-refractivity contribution is -0.123. The molecule has 1 spiro atoms. The Labute approximate surface area is 155 Å². The monoisotopic (exact) mass is 346 g/mol. The number of rotatable bonds is 2. The van der Waals surface area contributed by atoms with Crippen LogP contribution in [0.3, 0.4) is 0 Å². The summed E-state index contributed by atoms with van der Waals surface area (Å²) in [4.78, 5) is 17.9. The lowest BCUT2D eigenvalue weighted by atomic mass is 9.83. The molecule has 2 saturated heterocycles. The van der Waals surface area contributed by atoms with E-state index in [0.29, 0.717) is 18.2 Å². The number of ketones is 1. The number of para-hydroxylation sites is 1. The normalized spacial score (nSPS) is 22.9. The van der Waals surface area contributed by atoms with Crippen LogP contribution in [-0.4, -0.2) is 41.9 Å². The number of fused-ring (bicyclic) bond motifs is 1. The molecule has 0 unspecified atom stereocenters. The maximum Gasteiger partial charge on any atom is 0.160 e. The molecule has 134 valence electrons. The quantitative estimate of drug-likeness (QED) is 0.832. The highest BCUT2D eigenvalue weighted by atomic mass is 16.1. The molecule has 0 radical (unpaired) electrons. The van der Waals surface area contributed by atoms with Crippen molar-refractivity contribution >= 4 is 11.5 Å². The van der Waals surface area contributed by atoms with Crippen LogP contribution in [0.15, 0.2) is 54.6 Å². The van der Waals surface area contributed by atoms with E-state index in [2.05, 4.69) is 64.4 Å². The molecule has 2 aliphatic heterocycles. The molecular weight excluding hydrogens is 320 g/mol. The number of anilines is 1. The van der Waals surface area contributed by atoms with Crippen molar-refractivity contribution in [2.45, 2.75) is 43.7 Å². The van der Waals surface area contributed by atoms with Gasteiger partial charge < -0.3 is 4.90 Å². The van der Waals surface area contributed by atoms with E-state index < -0.39 is 0 Å². The second-order valence-electron chi connectivity index (χ2n) is 8.06. The molecule has 0 amide bonds. The van der Waals surface area contributed by atoms with E-state index in [1.807, 2.05) is 0 Å². The van der Waals surface area contributed by atoms with Crippen molar-refractivity contribution in [1.82, 2.24) is 4.90 Å². The number of nitrogens with zero attached hydrogens (tertiary/aromatic N) is 2. The second-order valence-corrected chi connectivity index (χ2v) is 8.06. The SMILES string of the molecule is O=C1CCN(c2ccccc2)C12CCN(C1Cc3ccccc3C1)CC2. The molecule has 0 aromatic heterocycles. The molecule has 5 rings (SSSR count). The maximum absolute atomic E-state index is 12.9. The van der Waals surface area contributed by atoms with E-state index in [1.54, 1.807) is 0 Å². The van der Waals surface area contributed by atoms with Gasteiger partial charge in [-0.3, -0.25) is 9.69 Å². The van der Waals surface area contributed by atoms with Crippen molar-refractivity contribution in [3.8, 4) is 0 Å². The molecule has 26 heavy (non-hydrogen) atoms. The molecular formula is C23H26N2O. The first-order valence-corrected chi connectivity index (χ1v) is 9.93. The average Bonchev–Trinajstić information content (AvgIpc) is 3.25. The Hall–Kier alpha value is -2.13. The van der Waals surface area contributed by atoms with Crippen LogP contribution in [0.5, 0.6) is 0 Å². The van der Waals surface area contributed by atoms with Crippen LogP contribution in [-0.2, 0) is 17.6 Å². The van der Waals surface area contributed by atoms with Gasteiger partial charge in [-0.1, -0.05) is 42.5 Å². The highest BCUT2D eigenvalue weighted by Crippen LogP contribution is 2.40. The van der Waals surface area contributed by atoms with Crippen molar-refractivity contribution < 1.29 is 4.79 Å². The van der Waals surface area contributed by atoms with E-state index >= 15 is 0 Å². The van der Waals surface area contributed by atoms with Crippen LogP contribution in [0.25, 0.3) is 0 Å². The average molecular weight is 346 g/mol. The summed E-state index contributed by atoms with van der Waals surface area (Å²) in [7, 11) is 0.